The molecule has 0 unspecified atom stereocenters. The first-order valence-electron chi connectivity index (χ1n) is 3.24. The van der Waals surface area contributed by atoms with E-state index in [0.29, 0.717) is 0 Å². The highest BCUT2D eigenvalue weighted by atomic mass is 15.3. The molecular formula is C8H9N3. The summed E-state index contributed by atoms with van der Waals surface area (Å²) in [6, 6.07) is 0. The van der Waals surface area contributed by atoms with Crippen molar-refractivity contribution in [3.63, 3.8) is 0 Å². The minimum atomic E-state index is 0.729. The number of hydrogen-bond acceptors (Lipinski definition) is 3. The van der Waals surface area contributed by atoms with E-state index in [2.05, 4.69) is 28.6 Å². The summed E-state index contributed by atoms with van der Waals surface area (Å²) >= 11 is 0. The van der Waals surface area contributed by atoms with Crippen molar-refractivity contribution in [1.82, 2.24) is 15.4 Å². The Labute approximate surface area is 65.5 Å². The van der Waals surface area contributed by atoms with Crippen LogP contribution in [0.2, 0.25) is 0 Å². The second kappa shape index (κ2) is 3.05. The first kappa shape index (κ1) is 7.60. The minimum Gasteiger partial charge on any atom is -0.135 e. The van der Waals surface area contributed by atoms with Crippen LogP contribution in [-0.4, -0.2) is 15.4 Å². The summed E-state index contributed by atoms with van der Waals surface area (Å²) in [7, 11) is 0. The van der Waals surface area contributed by atoms with Gasteiger partial charge in [0.2, 0.25) is 0 Å². The fourth-order valence-electron chi connectivity index (χ4n) is 0.834. The Hall–Kier alpha value is -1.51. The summed E-state index contributed by atoms with van der Waals surface area (Å²) in [6.07, 6.45) is 3.34. The average Bonchev–Trinajstić information content (AvgIpc) is 2.04. The summed E-state index contributed by atoms with van der Waals surface area (Å²) in [4.78, 5) is 0. The standard InChI is InChI=1S/C8H9N3/c1-4-7-6(3)9-11-10-8(7)5-2/h4-5H,1-2H2,3H3. The van der Waals surface area contributed by atoms with Crippen molar-refractivity contribution in [2.24, 2.45) is 0 Å². The second-order valence-electron chi connectivity index (χ2n) is 2.08. The van der Waals surface area contributed by atoms with Gasteiger partial charge < -0.3 is 0 Å². The summed E-state index contributed by atoms with van der Waals surface area (Å²) in [5, 5.41) is 11.1. The predicted molar refractivity (Wildman–Crippen MR) is 44.7 cm³/mol. The zero-order valence-corrected chi connectivity index (χ0v) is 6.41. The summed E-state index contributed by atoms with van der Waals surface area (Å²) in [5.74, 6) is 0. The zero-order chi connectivity index (χ0) is 8.27. The van der Waals surface area contributed by atoms with Crippen LogP contribution in [0.15, 0.2) is 13.2 Å². The van der Waals surface area contributed by atoms with E-state index >= 15 is 0 Å². The first-order chi connectivity index (χ1) is 5.29. The molecule has 0 atom stereocenters. The van der Waals surface area contributed by atoms with Crippen LogP contribution in [0.3, 0.4) is 0 Å². The molecule has 0 saturated heterocycles. The second-order valence-corrected chi connectivity index (χ2v) is 2.08. The Kier molecular flexibility index (Phi) is 2.11. The third-order valence-electron chi connectivity index (χ3n) is 1.41. The molecule has 0 fully saturated rings. The average molecular weight is 147 g/mol. The number of aromatic nitrogens is 3. The van der Waals surface area contributed by atoms with Crippen LogP contribution in [0.25, 0.3) is 12.2 Å². The Morgan fingerprint density at radius 2 is 1.91 bits per heavy atom. The molecule has 0 aliphatic heterocycles. The summed E-state index contributed by atoms with van der Waals surface area (Å²) in [6.45, 7) is 9.11. The van der Waals surface area contributed by atoms with Crippen LogP contribution in [0.5, 0.6) is 0 Å². The molecule has 1 aromatic heterocycles. The fourth-order valence-corrected chi connectivity index (χ4v) is 0.834. The predicted octanol–water partition coefficient (Wildman–Crippen LogP) is 1.47. The number of aryl methyl sites for hydroxylation is 1. The quantitative estimate of drug-likeness (QED) is 0.635. The lowest BCUT2D eigenvalue weighted by Gasteiger charge is -1.98. The minimum absolute atomic E-state index is 0.729. The zero-order valence-electron chi connectivity index (χ0n) is 6.41. The molecule has 1 aromatic rings. The van der Waals surface area contributed by atoms with Gasteiger partial charge in [-0.15, -0.1) is 10.2 Å². The van der Waals surface area contributed by atoms with E-state index < -0.39 is 0 Å². The van der Waals surface area contributed by atoms with Crippen molar-refractivity contribution in [1.29, 1.82) is 0 Å². The Balaban J connectivity index is 3.35. The monoisotopic (exact) mass is 147 g/mol. The Bertz CT molecular complexity index is 291. The highest BCUT2D eigenvalue weighted by Crippen LogP contribution is 2.09. The van der Waals surface area contributed by atoms with Gasteiger partial charge in [0.1, 0.15) is 0 Å². The molecule has 0 bridgehead atoms. The highest BCUT2D eigenvalue weighted by molar-refractivity contribution is 5.61. The Morgan fingerprint density at radius 1 is 1.18 bits per heavy atom. The van der Waals surface area contributed by atoms with Gasteiger partial charge in [0.25, 0.3) is 0 Å². The molecule has 1 heterocycles. The van der Waals surface area contributed by atoms with Crippen LogP contribution in [0, 0.1) is 6.92 Å². The maximum atomic E-state index is 3.78. The summed E-state index contributed by atoms with van der Waals surface area (Å²) < 4.78 is 0. The molecule has 0 spiro atoms. The van der Waals surface area contributed by atoms with Crippen LogP contribution in [0.1, 0.15) is 17.0 Å². The van der Waals surface area contributed by atoms with E-state index in [-0.39, 0.29) is 0 Å². The maximum absolute atomic E-state index is 3.78. The van der Waals surface area contributed by atoms with Gasteiger partial charge in [-0.05, 0) is 18.2 Å². The van der Waals surface area contributed by atoms with Crippen molar-refractivity contribution in [3.8, 4) is 0 Å². The fraction of sp³-hybridized carbons (Fsp3) is 0.125. The molecule has 0 saturated carbocycles. The molecule has 3 nitrogen and oxygen atoms in total. The smallest absolute Gasteiger partial charge is 0.0960 e. The van der Waals surface area contributed by atoms with E-state index in [1.54, 1.807) is 12.2 Å². The molecule has 0 N–H and O–H groups in total. The van der Waals surface area contributed by atoms with Gasteiger partial charge in [0.05, 0.1) is 11.4 Å². The first-order valence-corrected chi connectivity index (χ1v) is 3.24. The van der Waals surface area contributed by atoms with Gasteiger partial charge in [-0.1, -0.05) is 19.2 Å². The molecule has 0 radical (unpaired) electrons. The molecule has 56 valence electrons. The van der Waals surface area contributed by atoms with E-state index in [1.165, 1.54) is 0 Å². The van der Waals surface area contributed by atoms with E-state index in [9.17, 15) is 0 Å². The van der Waals surface area contributed by atoms with Gasteiger partial charge in [0.15, 0.2) is 0 Å². The van der Waals surface area contributed by atoms with E-state index in [0.717, 1.165) is 17.0 Å². The van der Waals surface area contributed by atoms with Gasteiger partial charge in [-0.25, -0.2) is 0 Å². The molecular weight excluding hydrogens is 138 g/mol. The van der Waals surface area contributed by atoms with Crippen LogP contribution in [0.4, 0.5) is 0 Å². The van der Waals surface area contributed by atoms with Crippen LogP contribution < -0.4 is 0 Å². The molecule has 1 rings (SSSR count). The number of nitrogens with zero attached hydrogens (tertiary/aromatic N) is 3. The van der Waals surface area contributed by atoms with Gasteiger partial charge in [-0.2, -0.15) is 0 Å². The third kappa shape index (κ3) is 1.32. The number of hydrogen-bond donors (Lipinski definition) is 0. The lowest BCUT2D eigenvalue weighted by molar-refractivity contribution is 0.829. The molecule has 3 heteroatoms. The molecule has 11 heavy (non-hydrogen) atoms. The summed E-state index contributed by atoms with van der Waals surface area (Å²) in [5.41, 5.74) is 2.45. The maximum Gasteiger partial charge on any atom is 0.0960 e. The lowest BCUT2D eigenvalue weighted by Crippen LogP contribution is -1.97. The SMILES string of the molecule is C=Cc1nnnc(C)c1C=C. The van der Waals surface area contributed by atoms with E-state index in [1.807, 2.05) is 6.92 Å². The van der Waals surface area contributed by atoms with Crippen molar-refractivity contribution in [3.05, 3.63) is 30.1 Å². The molecule has 0 aromatic carbocycles. The molecule has 0 aliphatic rings. The largest absolute Gasteiger partial charge is 0.135 e. The van der Waals surface area contributed by atoms with Crippen molar-refractivity contribution < 1.29 is 0 Å². The van der Waals surface area contributed by atoms with Crippen LogP contribution >= 0.6 is 0 Å². The van der Waals surface area contributed by atoms with E-state index in [4.69, 9.17) is 0 Å². The molecule has 0 aliphatic carbocycles. The van der Waals surface area contributed by atoms with Gasteiger partial charge >= 0.3 is 0 Å². The lowest BCUT2D eigenvalue weighted by atomic mass is 10.2. The highest BCUT2D eigenvalue weighted by Gasteiger charge is 2.00. The van der Waals surface area contributed by atoms with Crippen molar-refractivity contribution >= 4 is 12.2 Å². The van der Waals surface area contributed by atoms with Crippen molar-refractivity contribution in [2.45, 2.75) is 6.92 Å². The molecule has 0 amide bonds. The Morgan fingerprint density at radius 3 is 2.36 bits per heavy atom. The topological polar surface area (TPSA) is 38.7 Å². The van der Waals surface area contributed by atoms with Crippen LogP contribution in [-0.2, 0) is 0 Å². The normalized spacial score (nSPS) is 9.18. The van der Waals surface area contributed by atoms with Gasteiger partial charge in [-0.3, -0.25) is 0 Å². The van der Waals surface area contributed by atoms with Crippen molar-refractivity contribution in [2.75, 3.05) is 0 Å². The number of rotatable bonds is 2. The third-order valence-corrected chi connectivity index (χ3v) is 1.41. The van der Waals surface area contributed by atoms with Gasteiger partial charge in [0, 0.05) is 5.56 Å².